The summed E-state index contributed by atoms with van der Waals surface area (Å²) in [4.78, 5) is 11.9. The Balaban J connectivity index is 2.15. The lowest BCUT2D eigenvalue weighted by atomic mass is 10.0. The van der Waals surface area contributed by atoms with Gasteiger partial charge < -0.3 is 10.1 Å². The molecule has 6 nitrogen and oxygen atoms in total. The van der Waals surface area contributed by atoms with Crippen molar-refractivity contribution in [2.45, 2.75) is 24.3 Å². The van der Waals surface area contributed by atoms with E-state index in [-0.39, 0.29) is 27.8 Å². The number of halogens is 1. The lowest BCUT2D eigenvalue weighted by Gasteiger charge is -2.14. The van der Waals surface area contributed by atoms with Crippen molar-refractivity contribution in [3.05, 3.63) is 23.2 Å². The van der Waals surface area contributed by atoms with Gasteiger partial charge in [-0.1, -0.05) is 11.6 Å². The maximum absolute atomic E-state index is 12.0. The van der Waals surface area contributed by atoms with Crippen LogP contribution < -0.4 is 10.5 Å². The van der Waals surface area contributed by atoms with E-state index in [1.807, 2.05) is 6.92 Å². The smallest absolute Gasteiger partial charge is 0.239 e. The van der Waals surface area contributed by atoms with E-state index < -0.39 is 10.0 Å². The zero-order valence-corrected chi connectivity index (χ0v) is 12.4. The molecule has 2 unspecified atom stereocenters. The van der Waals surface area contributed by atoms with Gasteiger partial charge in [0.1, 0.15) is 4.90 Å². The normalized spacial score (nSPS) is 22.8. The molecule has 110 valence electrons. The van der Waals surface area contributed by atoms with Crippen LogP contribution in [0, 0.1) is 5.92 Å². The molecule has 0 spiro atoms. The second-order valence-electron chi connectivity index (χ2n) is 4.65. The second-order valence-corrected chi connectivity index (χ2v) is 6.59. The van der Waals surface area contributed by atoms with E-state index in [1.54, 1.807) is 0 Å². The van der Waals surface area contributed by atoms with E-state index in [4.69, 9.17) is 21.5 Å². The molecule has 0 radical (unpaired) electrons. The lowest BCUT2D eigenvalue weighted by molar-refractivity contribution is -0.121. The van der Waals surface area contributed by atoms with Crippen LogP contribution in [-0.2, 0) is 19.6 Å². The molecule has 0 aromatic heterocycles. The molecule has 1 fully saturated rings. The highest BCUT2D eigenvalue weighted by molar-refractivity contribution is 7.89. The molecular weight excluding hydrogens is 304 g/mol. The van der Waals surface area contributed by atoms with Crippen molar-refractivity contribution in [1.82, 2.24) is 0 Å². The third-order valence-electron chi connectivity index (χ3n) is 3.22. The first-order chi connectivity index (χ1) is 9.29. The SMILES string of the molecule is CC1OCCC1C(=O)Nc1ccc(S(N)(=O)=O)c(Cl)c1. The molecule has 1 aromatic carbocycles. The summed E-state index contributed by atoms with van der Waals surface area (Å²) in [5, 5.41) is 7.68. The number of amides is 1. The van der Waals surface area contributed by atoms with Crippen LogP contribution in [0.5, 0.6) is 0 Å². The van der Waals surface area contributed by atoms with Gasteiger partial charge in [-0.05, 0) is 31.5 Å². The van der Waals surface area contributed by atoms with Gasteiger partial charge >= 0.3 is 0 Å². The number of rotatable bonds is 3. The molecule has 1 saturated heterocycles. The first-order valence-corrected chi connectivity index (χ1v) is 7.96. The molecule has 0 saturated carbocycles. The van der Waals surface area contributed by atoms with Gasteiger partial charge in [0.15, 0.2) is 0 Å². The maximum Gasteiger partial charge on any atom is 0.239 e. The van der Waals surface area contributed by atoms with Crippen LogP contribution in [0.15, 0.2) is 23.1 Å². The predicted octanol–water partition coefficient (Wildman–Crippen LogP) is 1.35. The van der Waals surface area contributed by atoms with Crippen molar-refractivity contribution in [2.75, 3.05) is 11.9 Å². The Morgan fingerprint density at radius 1 is 1.50 bits per heavy atom. The minimum atomic E-state index is -3.87. The highest BCUT2D eigenvalue weighted by Gasteiger charge is 2.30. The van der Waals surface area contributed by atoms with Crippen molar-refractivity contribution < 1.29 is 17.9 Å². The molecule has 1 aliphatic heterocycles. The molecule has 1 aromatic rings. The molecule has 0 bridgehead atoms. The summed E-state index contributed by atoms with van der Waals surface area (Å²) in [6, 6.07) is 4.07. The van der Waals surface area contributed by atoms with Gasteiger partial charge in [0, 0.05) is 12.3 Å². The fraction of sp³-hybridized carbons (Fsp3) is 0.417. The summed E-state index contributed by atoms with van der Waals surface area (Å²) in [6.07, 6.45) is 0.532. The highest BCUT2D eigenvalue weighted by Crippen LogP contribution is 2.26. The first kappa shape index (κ1) is 15.2. The Kier molecular flexibility index (Phi) is 4.33. The van der Waals surface area contributed by atoms with E-state index in [2.05, 4.69) is 5.32 Å². The van der Waals surface area contributed by atoms with Gasteiger partial charge in [0.25, 0.3) is 0 Å². The Hall–Kier alpha value is -1.15. The monoisotopic (exact) mass is 318 g/mol. The number of nitrogens with two attached hydrogens (primary N) is 1. The Bertz CT molecular complexity index is 632. The topological polar surface area (TPSA) is 98.5 Å². The fourth-order valence-electron chi connectivity index (χ4n) is 2.12. The molecule has 2 rings (SSSR count). The van der Waals surface area contributed by atoms with Crippen molar-refractivity contribution in [2.24, 2.45) is 11.1 Å². The molecule has 1 aliphatic rings. The average Bonchev–Trinajstić information content (AvgIpc) is 2.73. The third-order valence-corrected chi connectivity index (χ3v) is 4.61. The van der Waals surface area contributed by atoms with Gasteiger partial charge in [-0.3, -0.25) is 4.79 Å². The van der Waals surface area contributed by atoms with Crippen molar-refractivity contribution in [3.63, 3.8) is 0 Å². The number of nitrogens with one attached hydrogen (secondary N) is 1. The van der Waals surface area contributed by atoms with Crippen LogP contribution in [0.4, 0.5) is 5.69 Å². The van der Waals surface area contributed by atoms with Gasteiger partial charge in [0.2, 0.25) is 15.9 Å². The lowest BCUT2D eigenvalue weighted by Crippen LogP contribution is -2.27. The minimum absolute atomic E-state index is 0.0268. The Morgan fingerprint density at radius 3 is 2.70 bits per heavy atom. The summed E-state index contributed by atoms with van der Waals surface area (Å²) in [7, 11) is -3.87. The molecule has 1 amide bonds. The molecular formula is C12H15ClN2O4S. The van der Waals surface area contributed by atoms with E-state index in [0.29, 0.717) is 18.7 Å². The number of ether oxygens (including phenoxy) is 1. The third kappa shape index (κ3) is 3.29. The summed E-state index contributed by atoms with van der Waals surface area (Å²) < 4.78 is 27.8. The van der Waals surface area contributed by atoms with E-state index in [1.165, 1.54) is 18.2 Å². The molecule has 2 atom stereocenters. The number of carbonyl (C=O) groups excluding carboxylic acids is 1. The maximum atomic E-state index is 12.0. The summed E-state index contributed by atoms with van der Waals surface area (Å²) >= 11 is 5.85. The van der Waals surface area contributed by atoms with Crippen molar-refractivity contribution in [3.8, 4) is 0 Å². The zero-order valence-electron chi connectivity index (χ0n) is 10.8. The van der Waals surface area contributed by atoms with Crippen molar-refractivity contribution >= 4 is 33.2 Å². The van der Waals surface area contributed by atoms with E-state index in [0.717, 1.165) is 0 Å². The van der Waals surface area contributed by atoms with Gasteiger partial charge in [-0.25, -0.2) is 13.6 Å². The number of carbonyl (C=O) groups is 1. The first-order valence-electron chi connectivity index (χ1n) is 6.04. The molecule has 8 heteroatoms. The average molecular weight is 319 g/mol. The second kappa shape index (κ2) is 5.69. The number of hydrogen-bond acceptors (Lipinski definition) is 4. The van der Waals surface area contributed by atoms with E-state index >= 15 is 0 Å². The van der Waals surface area contributed by atoms with Crippen molar-refractivity contribution in [1.29, 1.82) is 0 Å². The fourth-order valence-corrected chi connectivity index (χ4v) is 3.21. The quantitative estimate of drug-likeness (QED) is 0.878. The summed E-state index contributed by atoms with van der Waals surface area (Å²) in [6.45, 7) is 2.40. The largest absolute Gasteiger partial charge is 0.378 e. The standard InChI is InChI=1S/C12H15ClN2O4S/c1-7-9(4-5-19-7)12(16)15-8-2-3-11(10(13)6-8)20(14,17)18/h2-3,6-7,9H,4-5H2,1H3,(H,15,16)(H2,14,17,18). The van der Waals surface area contributed by atoms with Gasteiger partial charge in [-0.15, -0.1) is 0 Å². The molecule has 0 aliphatic carbocycles. The molecule has 3 N–H and O–H groups in total. The number of sulfonamides is 1. The van der Waals surface area contributed by atoms with Gasteiger partial charge in [-0.2, -0.15) is 0 Å². The minimum Gasteiger partial charge on any atom is -0.378 e. The van der Waals surface area contributed by atoms with E-state index in [9.17, 15) is 13.2 Å². The zero-order chi connectivity index (χ0) is 14.9. The van der Waals surface area contributed by atoms with Crippen LogP contribution in [0.25, 0.3) is 0 Å². The molecule has 20 heavy (non-hydrogen) atoms. The number of anilines is 1. The number of benzene rings is 1. The predicted molar refractivity (Wildman–Crippen MR) is 75.0 cm³/mol. The van der Waals surface area contributed by atoms with Crippen LogP contribution in [0.2, 0.25) is 5.02 Å². The van der Waals surface area contributed by atoms with Crippen LogP contribution in [0.3, 0.4) is 0 Å². The number of primary sulfonamides is 1. The summed E-state index contributed by atoms with van der Waals surface area (Å²) in [5.74, 6) is -0.388. The Labute approximate surface area is 122 Å². The van der Waals surface area contributed by atoms with Crippen LogP contribution >= 0.6 is 11.6 Å². The van der Waals surface area contributed by atoms with Crippen LogP contribution in [-0.4, -0.2) is 27.0 Å². The molecule has 1 heterocycles. The Morgan fingerprint density at radius 2 is 2.20 bits per heavy atom. The van der Waals surface area contributed by atoms with Crippen LogP contribution in [0.1, 0.15) is 13.3 Å². The number of hydrogen-bond donors (Lipinski definition) is 2. The van der Waals surface area contributed by atoms with Gasteiger partial charge in [0.05, 0.1) is 17.0 Å². The summed E-state index contributed by atoms with van der Waals surface area (Å²) in [5.41, 5.74) is 0.423. The highest BCUT2D eigenvalue weighted by atomic mass is 35.5.